The van der Waals surface area contributed by atoms with Gasteiger partial charge in [0.25, 0.3) is 0 Å². The maximum Gasteiger partial charge on any atom is 0.394 e. The molecule has 0 aromatic heterocycles. The molecule has 13 heteroatoms. The highest BCUT2D eigenvalue weighted by atomic mass is 32.3. The number of hydrogen-bond donors (Lipinski definition) is 6. The van der Waals surface area contributed by atoms with Gasteiger partial charge in [-0.05, 0) is 6.92 Å². The zero-order valence-electron chi connectivity index (χ0n) is 7.75. The molecule has 7 N–H and O–H groups in total. The third kappa shape index (κ3) is 194. The van der Waals surface area contributed by atoms with E-state index in [4.69, 9.17) is 45.9 Å². The molecule has 0 saturated carbocycles. The molecule has 16 heavy (non-hydrogen) atoms. The van der Waals surface area contributed by atoms with Crippen molar-refractivity contribution < 1.29 is 44.9 Å². The van der Waals surface area contributed by atoms with Gasteiger partial charge >= 0.3 is 26.8 Å². The summed E-state index contributed by atoms with van der Waals surface area (Å²) in [6.45, 7) is 1.42. The Morgan fingerprint density at radius 1 is 1.00 bits per heavy atom. The Morgan fingerprint density at radius 2 is 1.06 bits per heavy atom. The Balaban J connectivity index is -0.000000160. The Kier molecular flexibility index (Phi) is 10.7. The van der Waals surface area contributed by atoms with E-state index in [0.717, 1.165) is 0 Å². The number of aliphatic carboxylic acids is 1. The number of carboxylic acids is 1. The predicted molar refractivity (Wildman–Crippen MR) is 49.6 cm³/mol. The predicted octanol–water partition coefficient (Wildman–Crippen LogP) is -1.89. The van der Waals surface area contributed by atoms with Crippen LogP contribution in [0.3, 0.4) is 0 Å². The van der Waals surface area contributed by atoms with Gasteiger partial charge < -0.3 is 10.8 Å². The molecular weight excluding hydrogens is 274 g/mol. The van der Waals surface area contributed by atoms with E-state index in [-0.39, 0.29) is 0 Å². The first kappa shape index (κ1) is 20.6. The summed E-state index contributed by atoms with van der Waals surface area (Å²) in [6, 6.07) is -0.731. The lowest BCUT2D eigenvalue weighted by molar-refractivity contribution is -0.138. The molecule has 100 valence electrons. The molecule has 0 radical (unpaired) electrons. The van der Waals surface area contributed by atoms with Crippen LogP contribution in [-0.2, 0) is 25.6 Å². The maximum atomic E-state index is 9.57. The summed E-state index contributed by atoms with van der Waals surface area (Å²) < 4.78 is 63.2. The summed E-state index contributed by atoms with van der Waals surface area (Å²) in [4.78, 5) is 9.57. The van der Waals surface area contributed by atoms with Crippen molar-refractivity contribution in [1.29, 1.82) is 0 Å². The van der Waals surface area contributed by atoms with E-state index in [1.54, 1.807) is 0 Å². The van der Waals surface area contributed by atoms with Gasteiger partial charge in [-0.25, -0.2) is 0 Å². The minimum Gasteiger partial charge on any atom is -0.480 e. The van der Waals surface area contributed by atoms with Crippen LogP contribution in [0.15, 0.2) is 0 Å². The molecule has 0 heterocycles. The summed E-state index contributed by atoms with van der Waals surface area (Å²) in [5.74, 6) is -0.963. The van der Waals surface area contributed by atoms with Crippen LogP contribution < -0.4 is 5.73 Å². The molecule has 0 amide bonds. The zero-order valence-corrected chi connectivity index (χ0v) is 9.38. The quantitative estimate of drug-likeness (QED) is 0.293. The second-order valence-corrected chi connectivity index (χ2v) is 3.81. The second kappa shape index (κ2) is 8.34. The lowest BCUT2D eigenvalue weighted by Crippen LogP contribution is -2.25. The highest BCUT2D eigenvalue weighted by molar-refractivity contribution is 7.80. The Morgan fingerprint density at radius 3 is 1.06 bits per heavy atom. The van der Waals surface area contributed by atoms with Crippen LogP contribution in [0.2, 0.25) is 0 Å². The van der Waals surface area contributed by atoms with Crippen LogP contribution >= 0.6 is 0 Å². The van der Waals surface area contributed by atoms with E-state index in [9.17, 15) is 4.79 Å². The van der Waals surface area contributed by atoms with Crippen molar-refractivity contribution in [1.82, 2.24) is 0 Å². The molecule has 0 spiro atoms. The first-order valence-corrected chi connectivity index (χ1v) is 5.82. The van der Waals surface area contributed by atoms with Gasteiger partial charge in [0.2, 0.25) is 0 Å². The molecule has 1 unspecified atom stereocenters. The third-order valence-corrected chi connectivity index (χ3v) is 0.390. The number of nitrogens with two attached hydrogens (primary N) is 1. The van der Waals surface area contributed by atoms with Crippen LogP contribution in [0, 0.1) is 0 Å². The van der Waals surface area contributed by atoms with Gasteiger partial charge in [-0.3, -0.25) is 23.0 Å². The fraction of sp³-hybridized carbons (Fsp3) is 0.667. The molecule has 0 rings (SSSR count). The lowest BCUT2D eigenvalue weighted by atomic mass is 10.4. The first-order valence-electron chi connectivity index (χ1n) is 3.02. The van der Waals surface area contributed by atoms with Gasteiger partial charge in [0.05, 0.1) is 0 Å². The molecular formula is C3H11NO10S2. The van der Waals surface area contributed by atoms with Gasteiger partial charge in [-0.15, -0.1) is 0 Å². The van der Waals surface area contributed by atoms with Gasteiger partial charge in [0.1, 0.15) is 6.04 Å². The summed E-state index contributed by atoms with van der Waals surface area (Å²) in [6.07, 6.45) is 0. The van der Waals surface area contributed by atoms with Crippen LogP contribution in [0.4, 0.5) is 0 Å². The van der Waals surface area contributed by atoms with Crippen molar-refractivity contribution in [3.05, 3.63) is 0 Å². The monoisotopic (exact) mass is 285 g/mol. The van der Waals surface area contributed by atoms with Crippen molar-refractivity contribution in [3.63, 3.8) is 0 Å². The Bertz CT molecular complexity index is 332. The van der Waals surface area contributed by atoms with Crippen molar-refractivity contribution >= 4 is 26.8 Å². The largest absolute Gasteiger partial charge is 0.480 e. The van der Waals surface area contributed by atoms with Crippen LogP contribution in [0.25, 0.3) is 0 Å². The molecule has 0 aromatic carbocycles. The normalized spacial score (nSPS) is 12.4. The number of hydrogen-bond acceptors (Lipinski definition) is 6. The lowest BCUT2D eigenvalue weighted by Gasteiger charge is -1.90. The molecule has 0 saturated heterocycles. The van der Waals surface area contributed by atoms with Crippen LogP contribution in [0.1, 0.15) is 6.92 Å². The number of rotatable bonds is 1. The Labute approximate surface area is 91.0 Å². The standard InChI is InChI=1S/C3H7NO2.2H2O4S/c1-2(4)3(5)6;2*1-5(2,3)4/h2H,4H2,1H3,(H,5,6);2*(H2,1,2,3,4). The number of carbonyl (C=O) groups is 1. The molecule has 0 aromatic rings. The van der Waals surface area contributed by atoms with Gasteiger partial charge in [-0.1, -0.05) is 0 Å². The third-order valence-electron chi connectivity index (χ3n) is 0.390. The summed E-state index contributed by atoms with van der Waals surface area (Å²) in [7, 11) is -9.33. The van der Waals surface area contributed by atoms with Crippen molar-refractivity contribution in [3.8, 4) is 0 Å². The molecule has 0 aliphatic rings. The zero-order chi connectivity index (χ0) is 14.2. The maximum absolute atomic E-state index is 9.57. The molecule has 0 aliphatic carbocycles. The summed E-state index contributed by atoms with van der Waals surface area (Å²) in [5, 5.41) is 7.87. The average molecular weight is 285 g/mol. The van der Waals surface area contributed by atoms with E-state index < -0.39 is 32.8 Å². The van der Waals surface area contributed by atoms with E-state index in [2.05, 4.69) is 0 Å². The van der Waals surface area contributed by atoms with Gasteiger partial charge in [-0.2, -0.15) is 16.8 Å². The van der Waals surface area contributed by atoms with E-state index >= 15 is 0 Å². The molecule has 0 fully saturated rings. The molecule has 1 atom stereocenters. The van der Waals surface area contributed by atoms with E-state index in [1.165, 1.54) is 6.92 Å². The highest BCUT2D eigenvalue weighted by Gasteiger charge is 1.99. The summed E-state index contributed by atoms with van der Waals surface area (Å²) >= 11 is 0. The summed E-state index contributed by atoms with van der Waals surface area (Å²) in [5.41, 5.74) is 4.84. The SMILES string of the molecule is CC(N)C(=O)O.O=S(=O)(O)O.O=S(=O)(O)O. The number of carboxylic acid groups (broad SMARTS) is 1. The average Bonchev–Trinajstić information content (AvgIpc) is 1.77. The smallest absolute Gasteiger partial charge is 0.394 e. The van der Waals surface area contributed by atoms with E-state index in [0.29, 0.717) is 0 Å². The molecule has 0 aliphatic heterocycles. The van der Waals surface area contributed by atoms with Crippen molar-refractivity contribution in [2.45, 2.75) is 13.0 Å². The molecule has 11 nitrogen and oxygen atoms in total. The molecule has 0 bridgehead atoms. The highest BCUT2D eigenvalue weighted by Crippen LogP contribution is 1.68. The van der Waals surface area contributed by atoms with Crippen molar-refractivity contribution in [2.75, 3.05) is 0 Å². The Hall–Kier alpha value is -0.830. The van der Waals surface area contributed by atoms with Gasteiger partial charge in [0.15, 0.2) is 0 Å². The fourth-order valence-electron chi connectivity index (χ4n) is 0. The second-order valence-electron chi connectivity index (χ2n) is 2.02. The van der Waals surface area contributed by atoms with Crippen molar-refractivity contribution in [2.24, 2.45) is 5.73 Å². The van der Waals surface area contributed by atoms with E-state index in [1.807, 2.05) is 0 Å². The minimum absolute atomic E-state index is 0.731. The van der Waals surface area contributed by atoms with Crippen LogP contribution in [-0.4, -0.2) is 52.2 Å². The minimum atomic E-state index is -4.67. The van der Waals surface area contributed by atoms with Gasteiger partial charge in [0, 0.05) is 0 Å². The fourth-order valence-corrected chi connectivity index (χ4v) is 0. The first-order chi connectivity index (χ1) is 6.64. The van der Waals surface area contributed by atoms with Crippen LogP contribution in [0.5, 0.6) is 0 Å². The topological polar surface area (TPSA) is 213 Å².